The van der Waals surface area contributed by atoms with E-state index in [9.17, 15) is 9.59 Å². The minimum atomic E-state index is -0.303. The Bertz CT molecular complexity index is 1070. The van der Waals surface area contributed by atoms with E-state index in [1.165, 1.54) is 10.9 Å². The molecule has 3 rings (SSSR count). The highest BCUT2D eigenvalue weighted by Gasteiger charge is 2.09. The summed E-state index contributed by atoms with van der Waals surface area (Å²) in [7, 11) is 3.86. The summed E-state index contributed by atoms with van der Waals surface area (Å²) in [6.45, 7) is 3.36. The van der Waals surface area contributed by atoms with Gasteiger partial charge in [0.15, 0.2) is 5.82 Å². The van der Waals surface area contributed by atoms with Gasteiger partial charge in [0.2, 0.25) is 5.91 Å². The predicted octanol–water partition coefficient (Wildman–Crippen LogP) is 2.10. The average Bonchev–Trinajstić information content (AvgIpc) is 2.70. The molecule has 9 nitrogen and oxygen atoms in total. The molecule has 2 heterocycles. The van der Waals surface area contributed by atoms with E-state index in [-0.39, 0.29) is 18.0 Å². The standard InChI is InChI=1S/C20H23N7O2/c1-13-14(2)21-12-27(20(13)29)11-19(28)24-16-7-5-15(6-8-16)23-18-9-17(26(3)4)10-22-25-18/h5-10,12H,11H2,1-4H3,(H,23,25)(H,24,28). The Hall–Kier alpha value is -3.75. The van der Waals surface area contributed by atoms with Crippen molar-refractivity contribution >= 4 is 28.8 Å². The van der Waals surface area contributed by atoms with Crippen molar-refractivity contribution < 1.29 is 4.79 Å². The van der Waals surface area contributed by atoms with Crippen LogP contribution in [-0.4, -0.2) is 39.8 Å². The second kappa shape index (κ2) is 8.51. The Labute approximate surface area is 168 Å². The molecule has 3 aromatic rings. The zero-order valence-corrected chi connectivity index (χ0v) is 16.8. The lowest BCUT2D eigenvalue weighted by molar-refractivity contribution is -0.116. The molecule has 1 aromatic carbocycles. The summed E-state index contributed by atoms with van der Waals surface area (Å²) in [4.78, 5) is 30.5. The van der Waals surface area contributed by atoms with E-state index < -0.39 is 0 Å². The SMILES string of the molecule is Cc1ncn(CC(=O)Nc2ccc(Nc3cc(N(C)C)cnn3)cc2)c(=O)c1C. The summed E-state index contributed by atoms with van der Waals surface area (Å²) in [5.41, 5.74) is 3.35. The Morgan fingerprint density at radius 2 is 1.83 bits per heavy atom. The predicted molar refractivity (Wildman–Crippen MR) is 113 cm³/mol. The lowest BCUT2D eigenvalue weighted by Gasteiger charge is -2.13. The van der Waals surface area contributed by atoms with Crippen LogP contribution in [0.3, 0.4) is 0 Å². The zero-order chi connectivity index (χ0) is 21.0. The molecule has 0 fully saturated rings. The van der Waals surface area contributed by atoms with E-state index in [0.29, 0.717) is 22.8 Å². The number of carbonyl (C=O) groups excluding carboxylic acids is 1. The van der Waals surface area contributed by atoms with Crippen molar-refractivity contribution in [1.29, 1.82) is 0 Å². The molecule has 0 unspecified atom stereocenters. The first-order chi connectivity index (χ1) is 13.8. The first kappa shape index (κ1) is 20.0. The molecule has 150 valence electrons. The average molecular weight is 393 g/mol. The second-order valence-electron chi connectivity index (χ2n) is 6.83. The van der Waals surface area contributed by atoms with Crippen LogP contribution in [0, 0.1) is 13.8 Å². The fourth-order valence-electron chi connectivity index (χ4n) is 2.59. The van der Waals surface area contributed by atoms with Crippen molar-refractivity contribution in [1.82, 2.24) is 19.7 Å². The van der Waals surface area contributed by atoms with Gasteiger partial charge in [-0.05, 0) is 38.1 Å². The number of hydrogen-bond acceptors (Lipinski definition) is 7. The molecule has 2 aromatic heterocycles. The van der Waals surface area contributed by atoms with Gasteiger partial charge >= 0.3 is 0 Å². The molecular formula is C20H23N7O2. The fraction of sp³-hybridized carbons (Fsp3) is 0.250. The van der Waals surface area contributed by atoms with Crippen LogP contribution in [-0.2, 0) is 11.3 Å². The van der Waals surface area contributed by atoms with Gasteiger partial charge in [0.1, 0.15) is 6.54 Å². The topological polar surface area (TPSA) is 105 Å². The third-order valence-corrected chi connectivity index (χ3v) is 4.43. The third-order valence-electron chi connectivity index (χ3n) is 4.43. The summed E-state index contributed by atoms with van der Waals surface area (Å²) >= 11 is 0. The van der Waals surface area contributed by atoms with Crippen LogP contribution in [0.1, 0.15) is 11.3 Å². The first-order valence-electron chi connectivity index (χ1n) is 9.03. The van der Waals surface area contributed by atoms with E-state index in [4.69, 9.17) is 0 Å². The molecule has 0 aliphatic rings. The number of nitrogens with zero attached hydrogens (tertiary/aromatic N) is 5. The zero-order valence-electron chi connectivity index (χ0n) is 16.8. The second-order valence-corrected chi connectivity index (χ2v) is 6.83. The van der Waals surface area contributed by atoms with E-state index >= 15 is 0 Å². The summed E-state index contributed by atoms with van der Waals surface area (Å²) in [5.74, 6) is 0.317. The highest BCUT2D eigenvalue weighted by atomic mass is 16.2. The number of amides is 1. The summed E-state index contributed by atoms with van der Waals surface area (Å²) in [6.07, 6.45) is 3.07. The Morgan fingerprint density at radius 1 is 1.14 bits per heavy atom. The van der Waals surface area contributed by atoms with Crippen molar-refractivity contribution in [2.24, 2.45) is 0 Å². The highest BCUT2D eigenvalue weighted by Crippen LogP contribution is 2.20. The van der Waals surface area contributed by atoms with Crippen LogP contribution >= 0.6 is 0 Å². The maximum Gasteiger partial charge on any atom is 0.256 e. The lowest BCUT2D eigenvalue weighted by Crippen LogP contribution is -2.29. The summed E-state index contributed by atoms with van der Waals surface area (Å²) < 4.78 is 1.30. The van der Waals surface area contributed by atoms with Crippen molar-refractivity contribution in [3.8, 4) is 0 Å². The van der Waals surface area contributed by atoms with Gasteiger partial charge in [-0.1, -0.05) is 0 Å². The van der Waals surface area contributed by atoms with Gasteiger partial charge in [0, 0.05) is 42.8 Å². The van der Waals surface area contributed by atoms with Gasteiger partial charge in [-0.2, -0.15) is 5.10 Å². The van der Waals surface area contributed by atoms with Gasteiger partial charge < -0.3 is 15.5 Å². The number of hydrogen-bond donors (Lipinski definition) is 2. The van der Waals surface area contributed by atoms with Gasteiger partial charge in [0.05, 0.1) is 18.2 Å². The van der Waals surface area contributed by atoms with Gasteiger partial charge in [-0.25, -0.2) is 4.98 Å². The smallest absolute Gasteiger partial charge is 0.256 e. The van der Waals surface area contributed by atoms with E-state index in [1.807, 2.05) is 37.2 Å². The molecule has 0 radical (unpaired) electrons. The first-order valence-corrected chi connectivity index (χ1v) is 9.03. The molecule has 2 N–H and O–H groups in total. The molecule has 0 atom stereocenters. The Morgan fingerprint density at radius 3 is 2.52 bits per heavy atom. The summed E-state index contributed by atoms with van der Waals surface area (Å²) in [5, 5.41) is 14.0. The minimum absolute atomic E-state index is 0.0973. The number of aryl methyl sites for hydroxylation is 1. The van der Waals surface area contributed by atoms with E-state index in [1.54, 1.807) is 32.2 Å². The number of aromatic nitrogens is 4. The van der Waals surface area contributed by atoms with Crippen molar-refractivity contribution in [2.75, 3.05) is 29.6 Å². The van der Waals surface area contributed by atoms with Gasteiger partial charge in [0.25, 0.3) is 5.56 Å². The number of rotatable bonds is 6. The third kappa shape index (κ3) is 4.95. The van der Waals surface area contributed by atoms with Crippen molar-refractivity contribution in [2.45, 2.75) is 20.4 Å². The molecule has 0 bridgehead atoms. The minimum Gasteiger partial charge on any atom is -0.376 e. The van der Waals surface area contributed by atoms with Crippen LogP contribution in [0.2, 0.25) is 0 Å². The Balaban J connectivity index is 1.63. The lowest BCUT2D eigenvalue weighted by atomic mass is 10.2. The van der Waals surface area contributed by atoms with Crippen LogP contribution in [0.15, 0.2) is 47.7 Å². The van der Waals surface area contributed by atoms with Crippen LogP contribution in [0.4, 0.5) is 22.9 Å². The van der Waals surface area contributed by atoms with Crippen LogP contribution in [0.25, 0.3) is 0 Å². The largest absolute Gasteiger partial charge is 0.376 e. The molecule has 0 saturated carbocycles. The number of nitrogens with one attached hydrogen (secondary N) is 2. The molecule has 29 heavy (non-hydrogen) atoms. The number of anilines is 4. The Kier molecular flexibility index (Phi) is 5.87. The normalized spacial score (nSPS) is 10.5. The maximum absolute atomic E-state index is 12.3. The molecule has 0 aliphatic carbocycles. The van der Waals surface area contributed by atoms with E-state index in [0.717, 1.165) is 11.4 Å². The molecule has 0 saturated heterocycles. The highest BCUT2D eigenvalue weighted by molar-refractivity contribution is 5.90. The van der Waals surface area contributed by atoms with Gasteiger partial charge in [-0.15, -0.1) is 5.10 Å². The number of carbonyl (C=O) groups is 1. The monoisotopic (exact) mass is 393 g/mol. The fourth-order valence-corrected chi connectivity index (χ4v) is 2.59. The van der Waals surface area contributed by atoms with Crippen molar-refractivity contribution in [3.63, 3.8) is 0 Å². The maximum atomic E-state index is 12.3. The molecule has 0 spiro atoms. The quantitative estimate of drug-likeness (QED) is 0.661. The molecular weight excluding hydrogens is 370 g/mol. The van der Waals surface area contributed by atoms with Gasteiger partial charge in [-0.3, -0.25) is 14.2 Å². The summed E-state index contributed by atoms with van der Waals surface area (Å²) in [6, 6.07) is 9.07. The van der Waals surface area contributed by atoms with E-state index in [2.05, 4.69) is 25.8 Å². The molecule has 1 amide bonds. The molecule has 0 aliphatic heterocycles. The number of benzene rings is 1. The van der Waals surface area contributed by atoms with Crippen LogP contribution < -0.4 is 21.1 Å². The molecule has 9 heteroatoms. The van der Waals surface area contributed by atoms with Crippen molar-refractivity contribution in [3.05, 3.63) is 64.5 Å². The van der Waals surface area contributed by atoms with Crippen LogP contribution in [0.5, 0.6) is 0 Å².